The number of thioether (sulfide) groups is 1. The van der Waals surface area contributed by atoms with Crippen molar-refractivity contribution in [2.75, 3.05) is 7.11 Å². The van der Waals surface area contributed by atoms with E-state index in [0.29, 0.717) is 5.75 Å². The Kier molecular flexibility index (Phi) is 5.87. The molecule has 0 N–H and O–H groups in total. The normalized spacial score (nSPS) is 10.3. The SMILES string of the molecule is COC(=O)/C=C/C(=O)C(=O)SCc1ccccc1. The van der Waals surface area contributed by atoms with E-state index in [1.54, 1.807) is 0 Å². The highest BCUT2D eigenvalue weighted by Gasteiger charge is 2.11. The molecule has 5 heteroatoms. The van der Waals surface area contributed by atoms with Crippen LogP contribution in [0.2, 0.25) is 0 Å². The molecule has 0 saturated heterocycles. The lowest BCUT2D eigenvalue weighted by molar-refractivity contribution is -0.135. The Labute approximate surface area is 109 Å². The van der Waals surface area contributed by atoms with E-state index in [-0.39, 0.29) is 0 Å². The van der Waals surface area contributed by atoms with Crippen molar-refractivity contribution in [2.45, 2.75) is 5.75 Å². The van der Waals surface area contributed by atoms with Crippen LogP contribution in [0.25, 0.3) is 0 Å². The van der Waals surface area contributed by atoms with Crippen LogP contribution in [0.5, 0.6) is 0 Å². The van der Waals surface area contributed by atoms with Gasteiger partial charge in [0.25, 0.3) is 5.12 Å². The molecule has 18 heavy (non-hydrogen) atoms. The number of methoxy groups -OCH3 is 1. The van der Waals surface area contributed by atoms with Gasteiger partial charge in [0.2, 0.25) is 5.78 Å². The lowest BCUT2D eigenvalue weighted by Gasteiger charge is -1.98. The van der Waals surface area contributed by atoms with E-state index in [1.807, 2.05) is 30.3 Å². The molecule has 0 aliphatic rings. The molecule has 94 valence electrons. The molecule has 0 unspecified atom stereocenters. The summed E-state index contributed by atoms with van der Waals surface area (Å²) in [6.45, 7) is 0. The molecule has 1 rings (SSSR count). The maximum absolute atomic E-state index is 11.4. The Bertz CT molecular complexity index is 465. The molecule has 0 aromatic heterocycles. The van der Waals surface area contributed by atoms with Gasteiger partial charge in [-0.2, -0.15) is 0 Å². The van der Waals surface area contributed by atoms with Gasteiger partial charge in [0, 0.05) is 11.8 Å². The number of carbonyl (C=O) groups is 3. The predicted molar refractivity (Wildman–Crippen MR) is 68.9 cm³/mol. The van der Waals surface area contributed by atoms with E-state index in [2.05, 4.69) is 4.74 Å². The molecular weight excluding hydrogens is 252 g/mol. The summed E-state index contributed by atoms with van der Waals surface area (Å²) in [5, 5.41) is -0.598. The number of benzene rings is 1. The Balaban J connectivity index is 2.44. The average Bonchev–Trinajstić information content (AvgIpc) is 2.42. The second kappa shape index (κ2) is 7.45. The van der Waals surface area contributed by atoms with Gasteiger partial charge in [0.05, 0.1) is 7.11 Å². The van der Waals surface area contributed by atoms with E-state index >= 15 is 0 Å². The number of rotatable bonds is 5. The number of hydrogen-bond donors (Lipinski definition) is 0. The van der Waals surface area contributed by atoms with Gasteiger partial charge in [-0.05, 0) is 11.6 Å². The Hall–Kier alpha value is -1.88. The molecule has 0 aliphatic carbocycles. The van der Waals surface area contributed by atoms with Crippen LogP contribution in [0.4, 0.5) is 0 Å². The fourth-order valence-electron chi connectivity index (χ4n) is 1.07. The molecule has 0 heterocycles. The van der Waals surface area contributed by atoms with Gasteiger partial charge in [-0.3, -0.25) is 9.59 Å². The van der Waals surface area contributed by atoms with Crippen LogP contribution in [0, 0.1) is 0 Å². The summed E-state index contributed by atoms with van der Waals surface area (Å²) in [6, 6.07) is 9.34. The molecule has 1 aromatic rings. The van der Waals surface area contributed by atoms with E-state index in [0.717, 1.165) is 29.5 Å². The van der Waals surface area contributed by atoms with Crippen LogP contribution in [-0.2, 0) is 24.9 Å². The zero-order valence-corrected chi connectivity index (χ0v) is 10.6. The molecule has 0 aliphatic heterocycles. The molecule has 0 saturated carbocycles. The fraction of sp³-hybridized carbons (Fsp3) is 0.154. The third kappa shape index (κ3) is 4.97. The minimum atomic E-state index is -0.721. The molecule has 0 fully saturated rings. The summed E-state index contributed by atoms with van der Waals surface area (Å²) in [5.74, 6) is -0.956. The van der Waals surface area contributed by atoms with Crippen molar-refractivity contribution < 1.29 is 19.1 Å². The average molecular weight is 264 g/mol. The van der Waals surface area contributed by atoms with Gasteiger partial charge in [0.15, 0.2) is 0 Å². The van der Waals surface area contributed by atoms with Crippen molar-refractivity contribution in [3.05, 3.63) is 48.0 Å². The smallest absolute Gasteiger partial charge is 0.330 e. The lowest BCUT2D eigenvalue weighted by Crippen LogP contribution is -2.07. The Morgan fingerprint density at radius 1 is 1.17 bits per heavy atom. The number of ketones is 1. The number of carbonyl (C=O) groups excluding carboxylic acids is 3. The summed E-state index contributed by atoms with van der Waals surface area (Å²) in [5.41, 5.74) is 0.959. The van der Waals surface area contributed by atoms with Gasteiger partial charge in [0.1, 0.15) is 0 Å². The van der Waals surface area contributed by atoms with Crippen LogP contribution in [-0.4, -0.2) is 24.0 Å². The number of hydrogen-bond acceptors (Lipinski definition) is 5. The first kappa shape index (κ1) is 14.2. The third-order valence-electron chi connectivity index (χ3n) is 1.99. The van der Waals surface area contributed by atoms with E-state index in [9.17, 15) is 14.4 Å². The maximum atomic E-state index is 11.4. The van der Waals surface area contributed by atoms with Gasteiger partial charge >= 0.3 is 5.97 Å². The Morgan fingerprint density at radius 2 is 1.83 bits per heavy atom. The van der Waals surface area contributed by atoms with Crippen LogP contribution >= 0.6 is 11.8 Å². The van der Waals surface area contributed by atoms with Crippen molar-refractivity contribution in [3.63, 3.8) is 0 Å². The van der Waals surface area contributed by atoms with Crippen LogP contribution in [0.3, 0.4) is 0 Å². The summed E-state index contributed by atoms with van der Waals surface area (Å²) in [6.07, 6.45) is 1.86. The van der Waals surface area contributed by atoms with E-state index in [1.165, 1.54) is 7.11 Å². The predicted octanol–water partition coefficient (Wildman–Crippen LogP) is 1.74. The number of esters is 1. The topological polar surface area (TPSA) is 60.4 Å². The minimum Gasteiger partial charge on any atom is -0.466 e. The third-order valence-corrected chi connectivity index (χ3v) is 2.93. The summed E-state index contributed by atoms with van der Waals surface area (Å²) < 4.78 is 4.31. The van der Waals surface area contributed by atoms with Gasteiger partial charge in [-0.1, -0.05) is 42.1 Å². The van der Waals surface area contributed by atoms with Gasteiger partial charge in [-0.25, -0.2) is 4.79 Å². The Morgan fingerprint density at radius 3 is 2.44 bits per heavy atom. The minimum absolute atomic E-state index is 0.428. The van der Waals surface area contributed by atoms with Gasteiger partial charge in [-0.15, -0.1) is 0 Å². The van der Waals surface area contributed by atoms with Crippen molar-refractivity contribution in [3.8, 4) is 0 Å². The largest absolute Gasteiger partial charge is 0.466 e. The molecule has 0 radical (unpaired) electrons. The van der Waals surface area contributed by atoms with Gasteiger partial charge < -0.3 is 4.74 Å². The highest BCUT2D eigenvalue weighted by atomic mass is 32.2. The number of ether oxygens (including phenoxy) is 1. The van der Waals surface area contributed by atoms with Crippen LogP contribution in [0.15, 0.2) is 42.5 Å². The monoisotopic (exact) mass is 264 g/mol. The lowest BCUT2D eigenvalue weighted by atomic mass is 10.2. The second-order valence-corrected chi connectivity index (χ2v) is 4.23. The van der Waals surface area contributed by atoms with Crippen molar-refractivity contribution >= 4 is 28.6 Å². The van der Waals surface area contributed by atoms with Crippen LogP contribution in [0.1, 0.15) is 5.56 Å². The molecule has 0 amide bonds. The molecule has 0 atom stereocenters. The first-order chi connectivity index (χ1) is 8.63. The molecule has 0 spiro atoms. The van der Waals surface area contributed by atoms with Crippen LogP contribution < -0.4 is 0 Å². The molecule has 1 aromatic carbocycles. The fourth-order valence-corrected chi connectivity index (χ4v) is 1.77. The molecular formula is C13H12O4S. The van der Waals surface area contributed by atoms with E-state index < -0.39 is 16.9 Å². The van der Waals surface area contributed by atoms with E-state index in [4.69, 9.17) is 0 Å². The molecule has 0 bridgehead atoms. The van der Waals surface area contributed by atoms with Crippen molar-refractivity contribution in [1.29, 1.82) is 0 Å². The van der Waals surface area contributed by atoms with Crippen molar-refractivity contribution in [2.24, 2.45) is 0 Å². The summed E-state index contributed by atoms with van der Waals surface area (Å²) in [7, 11) is 1.20. The second-order valence-electron chi connectivity index (χ2n) is 3.28. The summed E-state index contributed by atoms with van der Waals surface area (Å²) in [4.78, 5) is 33.5. The number of allylic oxidation sites excluding steroid dienone is 1. The first-order valence-electron chi connectivity index (χ1n) is 5.14. The zero-order chi connectivity index (χ0) is 13.4. The first-order valence-corrected chi connectivity index (χ1v) is 6.13. The highest BCUT2D eigenvalue weighted by Crippen LogP contribution is 2.13. The highest BCUT2D eigenvalue weighted by molar-refractivity contribution is 8.14. The quantitative estimate of drug-likeness (QED) is 0.460. The maximum Gasteiger partial charge on any atom is 0.330 e. The van der Waals surface area contributed by atoms with Crippen molar-refractivity contribution in [1.82, 2.24) is 0 Å². The standard InChI is InChI=1S/C13H12O4S/c1-17-12(15)8-7-11(14)13(16)18-9-10-5-3-2-4-6-10/h2-8H,9H2,1H3/b8-7+. The summed E-state index contributed by atoms with van der Waals surface area (Å²) >= 11 is 0.905. The zero-order valence-electron chi connectivity index (χ0n) is 9.79. The molecule has 4 nitrogen and oxygen atoms in total.